The van der Waals surface area contributed by atoms with Crippen molar-refractivity contribution in [1.29, 1.82) is 0 Å². The molecule has 3 aromatic rings. The Morgan fingerprint density at radius 1 is 1.04 bits per heavy atom. The van der Waals surface area contributed by atoms with Gasteiger partial charge in [-0.05, 0) is 17.7 Å². The van der Waals surface area contributed by atoms with Crippen molar-refractivity contribution in [1.82, 2.24) is 10.1 Å². The van der Waals surface area contributed by atoms with E-state index in [0.717, 1.165) is 36.6 Å². The van der Waals surface area contributed by atoms with Gasteiger partial charge in [0, 0.05) is 17.5 Å². The number of nitrogens with one attached hydrogen (secondary N) is 1. The lowest BCUT2D eigenvalue weighted by atomic mass is 9.99. The van der Waals surface area contributed by atoms with Crippen LogP contribution in [0.25, 0.3) is 11.4 Å². The molecule has 0 radical (unpaired) electrons. The number of fused-ring (bicyclic) bond motifs is 1. The van der Waals surface area contributed by atoms with E-state index >= 15 is 0 Å². The maximum Gasteiger partial charge on any atom is 0.282 e. The summed E-state index contributed by atoms with van der Waals surface area (Å²) >= 11 is 0. The first-order valence-electron chi connectivity index (χ1n) is 8.72. The van der Waals surface area contributed by atoms with E-state index in [1.807, 2.05) is 30.3 Å². The van der Waals surface area contributed by atoms with Crippen molar-refractivity contribution in [2.24, 2.45) is 0 Å². The summed E-state index contributed by atoms with van der Waals surface area (Å²) in [7, 11) is 3.34. The first-order valence-corrected chi connectivity index (χ1v) is 8.72. The lowest BCUT2D eigenvalue weighted by molar-refractivity contribution is -0.930. The molecule has 0 spiro atoms. The van der Waals surface area contributed by atoms with Crippen molar-refractivity contribution >= 4 is 0 Å². The van der Waals surface area contributed by atoms with Crippen LogP contribution in [0.5, 0.6) is 11.5 Å². The molecule has 0 saturated heterocycles. The maximum atomic E-state index is 5.46. The second-order valence-corrected chi connectivity index (χ2v) is 6.46. The van der Waals surface area contributed by atoms with Gasteiger partial charge in [-0.1, -0.05) is 35.5 Å². The highest BCUT2D eigenvalue weighted by atomic mass is 16.5. The van der Waals surface area contributed by atoms with Crippen molar-refractivity contribution < 1.29 is 18.9 Å². The minimum Gasteiger partial charge on any atom is -0.493 e. The van der Waals surface area contributed by atoms with Gasteiger partial charge in [0.25, 0.3) is 5.89 Å². The van der Waals surface area contributed by atoms with E-state index in [2.05, 4.69) is 22.3 Å². The molecule has 0 aliphatic carbocycles. The summed E-state index contributed by atoms with van der Waals surface area (Å²) in [6.07, 6.45) is 0.991. The Kier molecular flexibility index (Phi) is 4.58. The molecular weight excluding hydrogens is 330 g/mol. The van der Waals surface area contributed by atoms with E-state index in [1.54, 1.807) is 14.2 Å². The average Bonchev–Trinajstić information content (AvgIpc) is 3.16. The molecule has 1 N–H and O–H groups in total. The molecule has 2 heterocycles. The Balaban J connectivity index is 1.49. The summed E-state index contributed by atoms with van der Waals surface area (Å²) in [5.41, 5.74) is 3.58. The zero-order chi connectivity index (χ0) is 17.9. The zero-order valence-corrected chi connectivity index (χ0v) is 15.0. The number of nitrogens with zero attached hydrogens (tertiary/aromatic N) is 2. The standard InChI is InChI=1S/C20H21N3O3/c1-24-17-10-15-8-9-23(12-16(15)11-18(17)25-2)13-19-21-20(22-26-19)14-6-4-3-5-7-14/h3-7,10-11H,8-9,12-13H2,1-2H3/p+1. The number of benzene rings is 2. The van der Waals surface area contributed by atoms with Crippen LogP contribution in [-0.4, -0.2) is 30.9 Å². The highest BCUT2D eigenvalue weighted by Crippen LogP contribution is 2.31. The molecule has 4 rings (SSSR count). The van der Waals surface area contributed by atoms with Gasteiger partial charge < -0.3 is 18.9 Å². The number of hydrogen-bond donors (Lipinski definition) is 1. The predicted molar refractivity (Wildman–Crippen MR) is 96.2 cm³/mol. The van der Waals surface area contributed by atoms with Crippen LogP contribution in [0.1, 0.15) is 17.0 Å². The van der Waals surface area contributed by atoms with Crippen LogP contribution >= 0.6 is 0 Å². The second-order valence-electron chi connectivity index (χ2n) is 6.46. The molecule has 134 valence electrons. The smallest absolute Gasteiger partial charge is 0.282 e. The molecule has 1 unspecified atom stereocenters. The molecule has 0 amide bonds. The van der Waals surface area contributed by atoms with Gasteiger partial charge in [0.2, 0.25) is 5.82 Å². The van der Waals surface area contributed by atoms with Gasteiger partial charge in [-0.15, -0.1) is 0 Å². The van der Waals surface area contributed by atoms with Gasteiger partial charge in [-0.25, -0.2) is 0 Å². The van der Waals surface area contributed by atoms with E-state index in [0.29, 0.717) is 18.3 Å². The van der Waals surface area contributed by atoms with E-state index in [4.69, 9.17) is 14.0 Å². The first kappa shape index (κ1) is 16.6. The van der Waals surface area contributed by atoms with Crippen LogP contribution in [-0.2, 0) is 19.5 Å². The molecule has 2 aromatic carbocycles. The van der Waals surface area contributed by atoms with Crippen LogP contribution in [0.4, 0.5) is 0 Å². The number of quaternary nitrogens is 1. The molecule has 0 saturated carbocycles. The SMILES string of the molecule is COc1cc2c(cc1OC)C[NH+](Cc1nc(-c3ccccc3)no1)CC2. The molecule has 1 aliphatic rings. The Hall–Kier alpha value is -2.86. The van der Waals surface area contributed by atoms with Crippen LogP contribution in [0.2, 0.25) is 0 Å². The van der Waals surface area contributed by atoms with Crippen molar-refractivity contribution in [2.45, 2.75) is 19.5 Å². The summed E-state index contributed by atoms with van der Waals surface area (Å²) in [5, 5.41) is 4.11. The highest BCUT2D eigenvalue weighted by molar-refractivity contribution is 5.53. The number of ether oxygens (including phenoxy) is 2. The van der Waals surface area contributed by atoms with Gasteiger partial charge in [0.05, 0.1) is 20.8 Å². The first-order chi connectivity index (χ1) is 12.8. The van der Waals surface area contributed by atoms with Crippen LogP contribution in [0.3, 0.4) is 0 Å². The number of aromatic nitrogens is 2. The van der Waals surface area contributed by atoms with Gasteiger partial charge in [0.15, 0.2) is 18.0 Å². The molecule has 1 aromatic heterocycles. The topological polar surface area (TPSA) is 61.8 Å². The Morgan fingerprint density at radius 2 is 1.77 bits per heavy atom. The lowest BCUT2D eigenvalue weighted by Gasteiger charge is -2.25. The third kappa shape index (κ3) is 3.28. The van der Waals surface area contributed by atoms with Crippen molar-refractivity contribution in [3.63, 3.8) is 0 Å². The lowest BCUT2D eigenvalue weighted by Crippen LogP contribution is -3.10. The van der Waals surface area contributed by atoms with E-state index in [9.17, 15) is 0 Å². The largest absolute Gasteiger partial charge is 0.493 e. The second kappa shape index (κ2) is 7.17. The summed E-state index contributed by atoms with van der Waals surface area (Å²) in [6, 6.07) is 14.1. The maximum absolute atomic E-state index is 5.46. The van der Waals surface area contributed by atoms with Gasteiger partial charge in [-0.3, -0.25) is 0 Å². The molecule has 0 bridgehead atoms. The van der Waals surface area contributed by atoms with E-state index in [1.165, 1.54) is 16.0 Å². The van der Waals surface area contributed by atoms with Crippen LogP contribution in [0.15, 0.2) is 47.0 Å². The van der Waals surface area contributed by atoms with Crippen molar-refractivity contribution in [3.05, 3.63) is 59.5 Å². The monoisotopic (exact) mass is 352 g/mol. The molecule has 26 heavy (non-hydrogen) atoms. The molecule has 6 nitrogen and oxygen atoms in total. The number of methoxy groups -OCH3 is 2. The molecule has 0 fully saturated rings. The third-order valence-electron chi connectivity index (χ3n) is 4.80. The Labute approximate surface area is 152 Å². The highest BCUT2D eigenvalue weighted by Gasteiger charge is 2.24. The van der Waals surface area contributed by atoms with Crippen molar-refractivity contribution in [3.8, 4) is 22.9 Å². The summed E-state index contributed by atoms with van der Waals surface area (Å²) in [5.74, 6) is 2.88. The zero-order valence-electron chi connectivity index (χ0n) is 15.0. The predicted octanol–water partition coefficient (Wildman–Crippen LogP) is 1.90. The quantitative estimate of drug-likeness (QED) is 0.760. The molecule has 6 heteroatoms. The van der Waals surface area contributed by atoms with E-state index in [-0.39, 0.29) is 0 Å². The average molecular weight is 352 g/mol. The number of rotatable bonds is 5. The summed E-state index contributed by atoms with van der Waals surface area (Å²) in [4.78, 5) is 5.94. The molecule has 1 aliphatic heterocycles. The fourth-order valence-electron chi connectivity index (χ4n) is 3.43. The van der Waals surface area contributed by atoms with Crippen molar-refractivity contribution in [2.75, 3.05) is 20.8 Å². The van der Waals surface area contributed by atoms with Gasteiger partial charge >= 0.3 is 0 Å². The normalized spacial score (nSPS) is 16.2. The fourth-order valence-corrected chi connectivity index (χ4v) is 3.43. The van der Waals surface area contributed by atoms with Crippen LogP contribution in [0, 0.1) is 0 Å². The van der Waals surface area contributed by atoms with Crippen LogP contribution < -0.4 is 14.4 Å². The Morgan fingerprint density at radius 3 is 2.50 bits per heavy atom. The minimum absolute atomic E-state index is 0.642. The fraction of sp³-hybridized carbons (Fsp3) is 0.300. The van der Waals surface area contributed by atoms with Gasteiger partial charge in [-0.2, -0.15) is 4.98 Å². The Bertz CT molecular complexity index is 893. The van der Waals surface area contributed by atoms with E-state index < -0.39 is 0 Å². The van der Waals surface area contributed by atoms with Gasteiger partial charge in [0.1, 0.15) is 6.54 Å². The minimum atomic E-state index is 0.642. The number of hydrogen-bond acceptors (Lipinski definition) is 5. The summed E-state index contributed by atoms with van der Waals surface area (Å²) < 4.78 is 16.3. The molecule has 1 atom stereocenters. The molecular formula is C20H22N3O3+. The third-order valence-corrected chi connectivity index (χ3v) is 4.80. The summed E-state index contributed by atoms with van der Waals surface area (Å²) in [6.45, 7) is 2.64.